The zero-order valence-electron chi connectivity index (χ0n) is 3.87. The first-order valence-corrected chi connectivity index (χ1v) is 5.64. The molecule has 0 heterocycles. The van der Waals surface area contributed by atoms with Gasteiger partial charge in [-0.05, 0) is 0 Å². The maximum Gasteiger partial charge on any atom is 0.0366 e. The molecular formula is C4H6I3. The Morgan fingerprint density at radius 1 is 1.43 bits per heavy atom. The molecule has 0 aliphatic heterocycles. The van der Waals surface area contributed by atoms with Gasteiger partial charge < -0.3 is 0 Å². The topological polar surface area (TPSA) is 0 Å². The first kappa shape index (κ1) is 9.19. The van der Waals surface area contributed by atoms with E-state index in [4.69, 9.17) is 0 Å². The summed E-state index contributed by atoms with van der Waals surface area (Å²) in [6.07, 6.45) is 0. The number of rotatable bonds is 2. The van der Waals surface area contributed by atoms with Gasteiger partial charge in [0.15, 0.2) is 0 Å². The van der Waals surface area contributed by atoms with E-state index in [-0.39, 0.29) is 0 Å². The minimum absolute atomic E-state index is 0.721. The molecule has 0 saturated heterocycles. The summed E-state index contributed by atoms with van der Waals surface area (Å²) in [5.74, 6) is 0. The number of hydrogen-bond donors (Lipinski definition) is 0. The molecule has 0 fully saturated rings. The molecule has 0 spiro atoms. The molecular weight excluding hydrogens is 429 g/mol. The molecule has 1 radical (unpaired) electrons. The average molecular weight is 435 g/mol. The standard InChI is InChI=1S/C4H6I3/c1-3(6)4(7)2-5/h2-4H,1H3. The summed E-state index contributed by atoms with van der Waals surface area (Å²) in [6.45, 7) is 2.22. The average Bonchev–Trinajstić information content (AvgIpc) is 1.65. The summed E-state index contributed by atoms with van der Waals surface area (Å²) in [6, 6.07) is 0. The predicted octanol–water partition coefficient (Wildman–Crippen LogP) is 3.21. The van der Waals surface area contributed by atoms with Gasteiger partial charge in [-0.2, -0.15) is 0 Å². The Kier molecular flexibility index (Phi) is 6.58. The molecule has 0 aromatic rings. The molecule has 2 unspecified atom stereocenters. The second-order valence-corrected chi connectivity index (χ2v) is 5.37. The highest BCUT2D eigenvalue weighted by molar-refractivity contribution is 14.1. The number of halogens is 3. The van der Waals surface area contributed by atoms with Crippen molar-refractivity contribution in [3.8, 4) is 0 Å². The van der Waals surface area contributed by atoms with E-state index in [0.717, 1.165) is 7.85 Å². The molecule has 3 heteroatoms. The van der Waals surface area contributed by atoms with Crippen LogP contribution >= 0.6 is 67.8 Å². The molecule has 0 aromatic carbocycles. The molecule has 0 N–H and O–H groups in total. The fraction of sp³-hybridized carbons (Fsp3) is 0.750. The molecule has 43 valence electrons. The lowest BCUT2D eigenvalue weighted by molar-refractivity contribution is 1.06. The summed E-state index contributed by atoms with van der Waals surface area (Å²) in [7, 11) is 0. The van der Waals surface area contributed by atoms with E-state index in [9.17, 15) is 0 Å². The lowest BCUT2D eigenvalue weighted by Crippen LogP contribution is -2.05. The lowest BCUT2D eigenvalue weighted by atomic mass is 10.4. The first-order valence-electron chi connectivity index (χ1n) is 1.90. The molecule has 0 aromatic heterocycles. The zero-order chi connectivity index (χ0) is 5.86. The summed E-state index contributed by atoms with van der Waals surface area (Å²) in [5.41, 5.74) is 0. The van der Waals surface area contributed by atoms with Crippen LogP contribution in [0.1, 0.15) is 6.92 Å². The summed E-state index contributed by atoms with van der Waals surface area (Å²) < 4.78 is 3.67. The fourth-order valence-electron chi connectivity index (χ4n) is 0.100. The van der Waals surface area contributed by atoms with Crippen LogP contribution in [-0.2, 0) is 0 Å². The van der Waals surface area contributed by atoms with E-state index in [0.29, 0.717) is 0 Å². The normalized spacial score (nSPS) is 18.9. The fourth-order valence-corrected chi connectivity index (χ4v) is 1.73. The van der Waals surface area contributed by atoms with Gasteiger partial charge in [0, 0.05) is 12.3 Å². The van der Waals surface area contributed by atoms with Crippen molar-refractivity contribution >= 4 is 67.8 Å². The monoisotopic (exact) mass is 435 g/mol. The molecule has 0 rings (SSSR count). The van der Waals surface area contributed by atoms with Crippen LogP contribution in [0, 0.1) is 4.43 Å². The third-order valence-electron chi connectivity index (χ3n) is 0.559. The summed E-state index contributed by atoms with van der Waals surface area (Å²) in [4.78, 5) is 0. The first-order chi connectivity index (χ1) is 3.18. The molecule has 0 bridgehead atoms. The smallest absolute Gasteiger partial charge is 0.0366 e. The second kappa shape index (κ2) is 5.01. The maximum atomic E-state index is 2.42. The maximum absolute atomic E-state index is 2.42. The Hall–Kier alpha value is 2.19. The van der Waals surface area contributed by atoms with Crippen LogP contribution in [0.5, 0.6) is 0 Å². The third-order valence-corrected chi connectivity index (χ3v) is 6.30. The minimum atomic E-state index is 0.721. The lowest BCUT2D eigenvalue weighted by Gasteiger charge is -2.05. The van der Waals surface area contributed by atoms with E-state index in [1.165, 1.54) is 0 Å². The van der Waals surface area contributed by atoms with Crippen molar-refractivity contribution in [3.63, 3.8) is 0 Å². The summed E-state index contributed by atoms with van der Waals surface area (Å²) >= 11 is 7.14. The third kappa shape index (κ3) is 4.68. The van der Waals surface area contributed by atoms with E-state index >= 15 is 0 Å². The van der Waals surface area contributed by atoms with E-state index in [1.807, 2.05) is 0 Å². The largest absolute Gasteiger partial charge is 0.0817 e. The molecule has 0 amide bonds. The van der Waals surface area contributed by atoms with Crippen LogP contribution in [0.15, 0.2) is 0 Å². The van der Waals surface area contributed by atoms with Gasteiger partial charge in [-0.25, -0.2) is 0 Å². The molecule has 0 aliphatic rings. The van der Waals surface area contributed by atoms with E-state index in [2.05, 4.69) is 79.1 Å². The van der Waals surface area contributed by atoms with Gasteiger partial charge in [0.05, 0.1) is 0 Å². The predicted molar refractivity (Wildman–Crippen MR) is 59.6 cm³/mol. The van der Waals surface area contributed by atoms with Crippen molar-refractivity contribution < 1.29 is 0 Å². The highest BCUT2D eigenvalue weighted by atomic mass is 127. The molecule has 0 aliphatic carbocycles. The van der Waals surface area contributed by atoms with Crippen molar-refractivity contribution in [1.82, 2.24) is 0 Å². The van der Waals surface area contributed by atoms with Crippen molar-refractivity contribution in [2.45, 2.75) is 14.8 Å². The highest BCUT2D eigenvalue weighted by Gasteiger charge is 2.06. The van der Waals surface area contributed by atoms with Crippen LogP contribution in [0.2, 0.25) is 0 Å². The van der Waals surface area contributed by atoms with Gasteiger partial charge in [0.1, 0.15) is 0 Å². The van der Waals surface area contributed by atoms with Crippen LogP contribution in [0.3, 0.4) is 0 Å². The number of hydrogen-bond acceptors (Lipinski definition) is 0. The van der Waals surface area contributed by atoms with E-state index < -0.39 is 0 Å². The van der Waals surface area contributed by atoms with Crippen LogP contribution in [0.4, 0.5) is 0 Å². The molecule has 7 heavy (non-hydrogen) atoms. The van der Waals surface area contributed by atoms with Gasteiger partial charge >= 0.3 is 0 Å². The van der Waals surface area contributed by atoms with Gasteiger partial charge in [-0.3, -0.25) is 0 Å². The Morgan fingerprint density at radius 2 is 1.86 bits per heavy atom. The Morgan fingerprint density at radius 3 is 1.86 bits per heavy atom. The molecule has 0 saturated carbocycles. The van der Waals surface area contributed by atoms with Gasteiger partial charge in [0.25, 0.3) is 0 Å². The van der Waals surface area contributed by atoms with Crippen LogP contribution in [0.25, 0.3) is 0 Å². The van der Waals surface area contributed by atoms with Crippen LogP contribution < -0.4 is 0 Å². The van der Waals surface area contributed by atoms with Crippen molar-refractivity contribution in [2.75, 3.05) is 0 Å². The van der Waals surface area contributed by atoms with Gasteiger partial charge in [-0.15, -0.1) is 0 Å². The zero-order valence-corrected chi connectivity index (χ0v) is 10.3. The van der Waals surface area contributed by atoms with Gasteiger partial charge in [0.2, 0.25) is 0 Å². The van der Waals surface area contributed by atoms with Crippen molar-refractivity contribution in [2.24, 2.45) is 0 Å². The minimum Gasteiger partial charge on any atom is -0.0817 e. The molecule has 2 atom stereocenters. The SMILES string of the molecule is CC(I)C(I)[CH]I. The number of alkyl halides is 2. The van der Waals surface area contributed by atoms with Crippen molar-refractivity contribution in [1.29, 1.82) is 0 Å². The Bertz CT molecular complexity index is 44.2. The Balaban J connectivity index is 3.14. The Labute approximate surface area is 85.6 Å². The highest BCUT2D eigenvalue weighted by Crippen LogP contribution is 2.19. The van der Waals surface area contributed by atoms with E-state index in [1.54, 1.807) is 0 Å². The second-order valence-electron chi connectivity index (χ2n) is 1.25. The van der Waals surface area contributed by atoms with Gasteiger partial charge in [-0.1, -0.05) is 74.7 Å². The quantitative estimate of drug-likeness (QED) is 0.462. The van der Waals surface area contributed by atoms with Crippen molar-refractivity contribution in [3.05, 3.63) is 4.43 Å². The molecule has 0 nitrogen and oxygen atoms in total. The van der Waals surface area contributed by atoms with Crippen LogP contribution in [-0.4, -0.2) is 7.85 Å². The summed E-state index contributed by atoms with van der Waals surface area (Å²) in [5, 5.41) is 0.